The smallest absolute Gasteiger partial charge is 0.315 e. The highest BCUT2D eigenvalue weighted by atomic mass is 35.5. The molecule has 2 aromatic heterocycles. The minimum Gasteiger partial charge on any atom is -0.488 e. The van der Waals surface area contributed by atoms with Crippen molar-refractivity contribution < 1.29 is 9.66 Å². The molecule has 116 valence electrons. The molecule has 2 aromatic rings. The number of nitrogens with zero attached hydrogens (tertiary/aromatic N) is 4. The van der Waals surface area contributed by atoms with Gasteiger partial charge in [0.05, 0.1) is 23.7 Å². The maximum Gasteiger partial charge on any atom is 0.315 e. The zero-order valence-corrected chi connectivity index (χ0v) is 13.3. The zero-order valence-electron chi connectivity index (χ0n) is 11.7. The lowest BCUT2D eigenvalue weighted by atomic mass is 10.3. The number of rotatable bonds is 7. The quantitative estimate of drug-likeness (QED) is 0.437. The Bertz CT molecular complexity index is 692. The predicted octanol–water partition coefficient (Wildman–Crippen LogP) is 3.30. The van der Waals surface area contributed by atoms with E-state index in [0.717, 1.165) is 4.88 Å². The molecule has 0 bridgehead atoms. The Hall–Kier alpha value is -2.19. The molecule has 2 rings (SSSR count). The maximum atomic E-state index is 11.2. The molecule has 0 saturated heterocycles. The van der Waals surface area contributed by atoms with Crippen LogP contribution in [0.1, 0.15) is 4.88 Å². The Morgan fingerprint density at radius 3 is 2.91 bits per heavy atom. The van der Waals surface area contributed by atoms with Crippen molar-refractivity contribution in [3.8, 4) is 5.75 Å². The van der Waals surface area contributed by atoms with Crippen LogP contribution in [0.25, 0.3) is 0 Å². The highest BCUT2D eigenvalue weighted by Gasteiger charge is 2.21. The first kappa shape index (κ1) is 16.2. The molecule has 0 aromatic carbocycles. The van der Waals surface area contributed by atoms with Gasteiger partial charge in [0.15, 0.2) is 4.47 Å². The lowest BCUT2D eigenvalue weighted by Gasteiger charge is -2.17. The number of aromatic nitrogens is 2. The molecule has 2 heterocycles. The summed E-state index contributed by atoms with van der Waals surface area (Å²) in [5, 5.41) is 11.2. The number of hydrogen-bond acceptors (Lipinski definition) is 7. The topological polar surface area (TPSA) is 81.4 Å². The summed E-state index contributed by atoms with van der Waals surface area (Å²) >= 11 is 7.10. The highest BCUT2D eigenvalue weighted by Crippen LogP contribution is 2.30. The van der Waals surface area contributed by atoms with E-state index in [2.05, 4.69) is 16.5 Å². The molecule has 0 amide bonds. The summed E-state index contributed by atoms with van der Waals surface area (Å²) in [6, 6.07) is 1.35. The molecule has 7 nitrogen and oxygen atoms in total. The second-order valence-electron chi connectivity index (χ2n) is 4.31. The summed E-state index contributed by atoms with van der Waals surface area (Å²) in [4.78, 5) is 21.4. The number of ether oxygens (including phenoxy) is 1. The number of hydrogen-bond donors (Lipinski definition) is 0. The molecule has 0 aliphatic rings. The van der Waals surface area contributed by atoms with Gasteiger partial charge in [-0.05, 0) is 0 Å². The van der Waals surface area contributed by atoms with Gasteiger partial charge in [-0.15, -0.1) is 11.3 Å². The third-order valence-electron chi connectivity index (χ3n) is 2.67. The minimum absolute atomic E-state index is 0.125. The first-order valence-electron chi connectivity index (χ1n) is 6.20. The third-order valence-corrected chi connectivity index (χ3v) is 3.77. The van der Waals surface area contributed by atoms with E-state index >= 15 is 0 Å². The van der Waals surface area contributed by atoms with Crippen molar-refractivity contribution in [2.45, 2.75) is 6.54 Å². The molecule has 0 radical (unpaired) electrons. The van der Waals surface area contributed by atoms with Crippen LogP contribution in [0.15, 0.2) is 31.1 Å². The number of anilines is 1. The van der Waals surface area contributed by atoms with Gasteiger partial charge < -0.3 is 9.64 Å². The average molecular weight is 341 g/mol. The largest absolute Gasteiger partial charge is 0.488 e. The Labute approximate surface area is 136 Å². The van der Waals surface area contributed by atoms with Crippen molar-refractivity contribution in [1.82, 2.24) is 9.97 Å². The number of thiazole rings is 1. The van der Waals surface area contributed by atoms with E-state index in [9.17, 15) is 10.1 Å². The zero-order chi connectivity index (χ0) is 16.1. The monoisotopic (exact) mass is 340 g/mol. The van der Waals surface area contributed by atoms with Gasteiger partial charge in [0.2, 0.25) is 5.82 Å². The third kappa shape index (κ3) is 3.92. The molecule has 0 atom stereocenters. The number of nitro groups is 1. The van der Waals surface area contributed by atoms with Crippen LogP contribution in [0.3, 0.4) is 0 Å². The summed E-state index contributed by atoms with van der Waals surface area (Å²) in [7, 11) is 1.72. The molecule has 0 saturated carbocycles. The molecule has 22 heavy (non-hydrogen) atoms. The Balaban J connectivity index is 2.24. The fourth-order valence-corrected chi connectivity index (χ4v) is 2.79. The molecular weight excluding hydrogens is 328 g/mol. The van der Waals surface area contributed by atoms with Gasteiger partial charge in [0, 0.05) is 18.1 Å². The standard InChI is InChI=1S/C13H13ClN4O3S/c1-3-4-21-9-5-11(18(19)20)12(15-6-9)17(2)8-10-7-16-13(14)22-10/h3,5-7H,1,4,8H2,2H3. The van der Waals surface area contributed by atoms with Gasteiger partial charge in [-0.25, -0.2) is 9.97 Å². The summed E-state index contributed by atoms with van der Waals surface area (Å²) in [6.07, 6.45) is 4.64. The number of halogens is 1. The lowest BCUT2D eigenvalue weighted by Crippen LogP contribution is -2.18. The summed E-state index contributed by atoms with van der Waals surface area (Å²) in [5.74, 6) is 0.574. The van der Waals surface area contributed by atoms with Gasteiger partial charge in [-0.1, -0.05) is 24.3 Å². The van der Waals surface area contributed by atoms with Crippen LogP contribution in [0, 0.1) is 10.1 Å². The average Bonchev–Trinajstić information content (AvgIpc) is 2.89. The first-order valence-corrected chi connectivity index (χ1v) is 7.40. The molecule has 0 spiro atoms. The van der Waals surface area contributed by atoms with Crippen molar-refractivity contribution in [2.75, 3.05) is 18.6 Å². The SMILES string of the molecule is C=CCOc1cnc(N(C)Cc2cnc(Cl)s2)c([N+](=O)[O-])c1. The molecule has 0 aliphatic carbocycles. The Morgan fingerprint density at radius 1 is 1.55 bits per heavy atom. The van der Waals surface area contributed by atoms with Crippen molar-refractivity contribution >= 4 is 34.4 Å². The van der Waals surface area contributed by atoms with Crippen molar-refractivity contribution in [3.05, 3.63) is 50.6 Å². The van der Waals surface area contributed by atoms with Crippen LogP contribution in [-0.2, 0) is 6.54 Å². The molecule has 0 aliphatic heterocycles. The second-order valence-corrected chi connectivity index (χ2v) is 6.00. The van der Waals surface area contributed by atoms with Gasteiger partial charge in [0.1, 0.15) is 12.4 Å². The fourth-order valence-electron chi connectivity index (χ4n) is 1.76. The van der Waals surface area contributed by atoms with E-state index in [-0.39, 0.29) is 18.1 Å². The Morgan fingerprint density at radius 2 is 2.32 bits per heavy atom. The van der Waals surface area contributed by atoms with Crippen LogP contribution >= 0.6 is 22.9 Å². The van der Waals surface area contributed by atoms with Crippen LogP contribution in [0.4, 0.5) is 11.5 Å². The van der Waals surface area contributed by atoms with Crippen molar-refractivity contribution in [3.63, 3.8) is 0 Å². The van der Waals surface area contributed by atoms with Gasteiger partial charge in [-0.2, -0.15) is 0 Å². The molecular formula is C13H13ClN4O3S. The number of pyridine rings is 1. The van der Waals surface area contributed by atoms with Crippen molar-refractivity contribution in [2.24, 2.45) is 0 Å². The molecule has 0 N–H and O–H groups in total. The van der Waals surface area contributed by atoms with Crippen LogP contribution in [0.2, 0.25) is 4.47 Å². The molecule has 0 fully saturated rings. The predicted molar refractivity (Wildman–Crippen MR) is 85.8 cm³/mol. The first-order chi connectivity index (χ1) is 10.5. The highest BCUT2D eigenvalue weighted by molar-refractivity contribution is 7.15. The van der Waals surface area contributed by atoms with Crippen LogP contribution in [-0.4, -0.2) is 28.5 Å². The Kier molecular flexibility index (Phi) is 5.29. The van der Waals surface area contributed by atoms with E-state index in [1.807, 2.05) is 0 Å². The van der Waals surface area contributed by atoms with Gasteiger partial charge in [-0.3, -0.25) is 10.1 Å². The van der Waals surface area contributed by atoms with E-state index in [0.29, 0.717) is 16.8 Å². The van der Waals surface area contributed by atoms with E-state index in [1.54, 1.807) is 24.2 Å². The lowest BCUT2D eigenvalue weighted by molar-refractivity contribution is -0.384. The molecule has 0 unspecified atom stereocenters. The van der Waals surface area contributed by atoms with Gasteiger partial charge in [0.25, 0.3) is 0 Å². The summed E-state index contributed by atoms with van der Waals surface area (Å²) in [6.45, 7) is 4.20. The second kappa shape index (κ2) is 7.19. The summed E-state index contributed by atoms with van der Waals surface area (Å²) < 4.78 is 5.70. The fraction of sp³-hybridized carbons (Fsp3) is 0.231. The van der Waals surface area contributed by atoms with E-state index < -0.39 is 4.92 Å². The summed E-state index contributed by atoms with van der Waals surface area (Å²) in [5.41, 5.74) is -0.125. The molecule has 9 heteroatoms. The van der Waals surface area contributed by atoms with Crippen LogP contribution in [0.5, 0.6) is 5.75 Å². The van der Waals surface area contributed by atoms with E-state index in [4.69, 9.17) is 16.3 Å². The normalized spacial score (nSPS) is 10.3. The van der Waals surface area contributed by atoms with Crippen molar-refractivity contribution in [1.29, 1.82) is 0 Å². The maximum absolute atomic E-state index is 11.2. The van der Waals surface area contributed by atoms with Crippen LogP contribution < -0.4 is 9.64 Å². The van der Waals surface area contributed by atoms with Gasteiger partial charge >= 0.3 is 5.69 Å². The minimum atomic E-state index is -0.487. The van der Waals surface area contributed by atoms with E-state index in [1.165, 1.54) is 23.6 Å².